The summed E-state index contributed by atoms with van der Waals surface area (Å²) in [4.78, 5) is 16.9. The van der Waals surface area contributed by atoms with Gasteiger partial charge in [-0.3, -0.25) is 4.79 Å². The molecule has 1 fully saturated rings. The molecular weight excluding hydrogens is 364 g/mol. The largest absolute Gasteiger partial charge is 0.495 e. The summed E-state index contributed by atoms with van der Waals surface area (Å²) < 4.78 is 11.3. The minimum atomic E-state index is -0.581. The van der Waals surface area contributed by atoms with Crippen molar-refractivity contribution in [3.05, 3.63) is 53.1 Å². The Kier molecular flexibility index (Phi) is 6.11. The van der Waals surface area contributed by atoms with Gasteiger partial charge < -0.3 is 19.3 Å². The number of nitrogens with zero attached hydrogens (tertiary/aromatic N) is 2. The van der Waals surface area contributed by atoms with Crippen molar-refractivity contribution in [2.45, 2.75) is 20.0 Å². The summed E-state index contributed by atoms with van der Waals surface area (Å²) in [6.07, 6.45) is -0.581. The van der Waals surface area contributed by atoms with Gasteiger partial charge in [0.05, 0.1) is 17.8 Å². The van der Waals surface area contributed by atoms with E-state index in [1.807, 2.05) is 48.2 Å². The predicted molar refractivity (Wildman–Crippen MR) is 108 cm³/mol. The first kappa shape index (κ1) is 19.4. The molecule has 3 rings (SSSR count). The number of methoxy groups -OCH3 is 1. The predicted octanol–water partition coefficient (Wildman–Crippen LogP) is 3.77. The molecule has 27 heavy (non-hydrogen) atoms. The van der Waals surface area contributed by atoms with E-state index in [0.29, 0.717) is 23.9 Å². The van der Waals surface area contributed by atoms with Crippen molar-refractivity contribution in [2.75, 3.05) is 38.2 Å². The van der Waals surface area contributed by atoms with E-state index >= 15 is 0 Å². The maximum atomic E-state index is 12.8. The van der Waals surface area contributed by atoms with Crippen LogP contribution in [0.15, 0.2) is 42.5 Å². The van der Waals surface area contributed by atoms with Crippen LogP contribution in [0.5, 0.6) is 11.5 Å². The molecule has 0 bridgehead atoms. The minimum absolute atomic E-state index is 0.0211. The lowest BCUT2D eigenvalue weighted by Crippen LogP contribution is -2.52. The third-order valence-corrected chi connectivity index (χ3v) is 5.07. The average Bonchev–Trinajstić information content (AvgIpc) is 2.70. The molecule has 0 spiro atoms. The van der Waals surface area contributed by atoms with E-state index in [-0.39, 0.29) is 5.91 Å². The zero-order chi connectivity index (χ0) is 19.4. The molecule has 1 atom stereocenters. The fraction of sp³-hybridized carbons (Fsp3) is 0.381. The van der Waals surface area contributed by atoms with Gasteiger partial charge in [-0.15, -0.1) is 0 Å². The molecule has 1 aliphatic rings. The molecule has 2 aromatic carbocycles. The Morgan fingerprint density at radius 3 is 2.48 bits per heavy atom. The number of hydrogen-bond donors (Lipinski definition) is 0. The van der Waals surface area contributed by atoms with Crippen molar-refractivity contribution >= 4 is 23.2 Å². The van der Waals surface area contributed by atoms with Crippen LogP contribution in [0.2, 0.25) is 5.02 Å². The first-order valence-electron chi connectivity index (χ1n) is 9.09. The van der Waals surface area contributed by atoms with Crippen molar-refractivity contribution < 1.29 is 14.3 Å². The highest BCUT2D eigenvalue weighted by molar-refractivity contribution is 6.32. The summed E-state index contributed by atoms with van der Waals surface area (Å²) in [6, 6.07) is 13.5. The molecule has 2 aromatic rings. The first-order valence-corrected chi connectivity index (χ1v) is 9.47. The number of hydrogen-bond acceptors (Lipinski definition) is 4. The Labute approximate surface area is 165 Å². The van der Waals surface area contributed by atoms with Crippen molar-refractivity contribution in [2.24, 2.45) is 0 Å². The van der Waals surface area contributed by atoms with Gasteiger partial charge in [0, 0.05) is 26.2 Å². The fourth-order valence-electron chi connectivity index (χ4n) is 3.26. The molecule has 144 valence electrons. The number of amides is 1. The molecule has 0 aliphatic carbocycles. The molecule has 1 aliphatic heterocycles. The second-order valence-electron chi connectivity index (χ2n) is 6.68. The number of piperazine rings is 1. The maximum Gasteiger partial charge on any atom is 0.263 e. The van der Waals surface area contributed by atoms with Gasteiger partial charge in [-0.25, -0.2) is 0 Å². The molecule has 1 heterocycles. The van der Waals surface area contributed by atoms with Crippen LogP contribution >= 0.6 is 11.6 Å². The number of anilines is 1. The molecule has 1 unspecified atom stereocenters. The lowest BCUT2D eigenvalue weighted by Gasteiger charge is -2.37. The van der Waals surface area contributed by atoms with Crippen LogP contribution in [0.1, 0.15) is 12.5 Å². The summed E-state index contributed by atoms with van der Waals surface area (Å²) in [5, 5.41) is 0.515. The number of benzene rings is 2. The summed E-state index contributed by atoms with van der Waals surface area (Å²) in [5.74, 6) is 1.38. The van der Waals surface area contributed by atoms with E-state index in [4.69, 9.17) is 21.1 Å². The monoisotopic (exact) mass is 388 g/mol. The molecule has 6 heteroatoms. The van der Waals surface area contributed by atoms with Crippen LogP contribution < -0.4 is 14.4 Å². The second-order valence-corrected chi connectivity index (χ2v) is 7.09. The minimum Gasteiger partial charge on any atom is -0.495 e. The van der Waals surface area contributed by atoms with Gasteiger partial charge in [0.2, 0.25) is 0 Å². The van der Waals surface area contributed by atoms with Crippen LogP contribution in [0, 0.1) is 6.92 Å². The second kappa shape index (κ2) is 8.53. The number of halogens is 1. The standard InChI is InChI=1S/C21H25ClN2O3/c1-15-8-9-17(22)20(14-15)27-16(2)21(25)24-12-10-23(11-13-24)18-6-4-5-7-19(18)26-3/h4-9,14,16H,10-13H2,1-3H3. The number of ether oxygens (including phenoxy) is 2. The van der Waals surface area contributed by atoms with Crippen LogP contribution in [0.25, 0.3) is 0 Å². The molecular formula is C21H25ClN2O3. The zero-order valence-corrected chi connectivity index (χ0v) is 16.7. The van der Waals surface area contributed by atoms with Crippen molar-refractivity contribution in [1.29, 1.82) is 0 Å². The van der Waals surface area contributed by atoms with E-state index in [9.17, 15) is 4.79 Å². The van der Waals surface area contributed by atoms with Crippen LogP contribution in [0.3, 0.4) is 0 Å². The first-order chi connectivity index (χ1) is 13.0. The van der Waals surface area contributed by atoms with Gasteiger partial charge in [0.15, 0.2) is 6.10 Å². The number of rotatable bonds is 5. The zero-order valence-electron chi connectivity index (χ0n) is 15.9. The smallest absolute Gasteiger partial charge is 0.263 e. The van der Waals surface area contributed by atoms with Crippen LogP contribution in [-0.4, -0.2) is 50.2 Å². The summed E-state index contributed by atoms with van der Waals surface area (Å²) >= 11 is 6.18. The summed E-state index contributed by atoms with van der Waals surface area (Å²) in [5.41, 5.74) is 2.10. The molecule has 0 N–H and O–H groups in total. The van der Waals surface area contributed by atoms with Gasteiger partial charge in [0.1, 0.15) is 11.5 Å². The maximum absolute atomic E-state index is 12.8. The van der Waals surface area contributed by atoms with Crippen molar-refractivity contribution in [3.63, 3.8) is 0 Å². The molecule has 1 saturated heterocycles. The van der Waals surface area contributed by atoms with Crippen molar-refractivity contribution in [1.82, 2.24) is 4.90 Å². The summed E-state index contributed by atoms with van der Waals surface area (Å²) in [6.45, 7) is 6.53. The lowest BCUT2D eigenvalue weighted by molar-refractivity contribution is -0.138. The van der Waals surface area contributed by atoms with Crippen LogP contribution in [-0.2, 0) is 4.79 Å². The van der Waals surface area contributed by atoms with E-state index in [1.54, 1.807) is 20.1 Å². The average molecular weight is 389 g/mol. The SMILES string of the molecule is COc1ccccc1N1CCN(C(=O)C(C)Oc2cc(C)ccc2Cl)CC1. The molecule has 0 aromatic heterocycles. The molecule has 0 saturated carbocycles. The van der Waals surface area contributed by atoms with E-state index in [1.165, 1.54) is 0 Å². The highest BCUT2D eigenvalue weighted by Crippen LogP contribution is 2.29. The van der Waals surface area contributed by atoms with Gasteiger partial charge in [-0.2, -0.15) is 0 Å². The van der Waals surface area contributed by atoms with Crippen LogP contribution in [0.4, 0.5) is 5.69 Å². The van der Waals surface area contributed by atoms with Gasteiger partial charge in [0.25, 0.3) is 5.91 Å². The topological polar surface area (TPSA) is 42.0 Å². The highest BCUT2D eigenvalue weighted by Gasteiger charge is 2.27. The molecule has 0 radical (unpaired) electrons. The quantitative estimate of drug-likeness (QED) is 0.781. The van der Waals surface area contributed by atoms with Gasteiger partial charge in [-0.05, 0) is 43.7 Å². The van der Waals surface area contributed by atoms with Gasteiger partial charge in [-0.1, -0.05) is 29.8 Å². The Hall–Kier alpha value is -2.40. The number of carbonyl (C=O) groups excluding carboxylic acids is 1. The lowest BCUT2D eigenvalue weighted by atomic mass is 10.2. The Morgan fingerprint density at radius 2 is 1.78 bits per heavy atom. The normalized spacial score (nSPS) is 15.4. The summed E-state index contributed by atoms with van der Waals surface area (Å²) in [7, 11) is 1.67. The highest BCUT2D eigenvalue weighted by atomic mass is 35.5. The molecule has 5 nitrogen and oxygen atoms in total. The number of carbonyl (C=O) groups is 1. The van der Waals surface area contributed by atoms with Gasteiger partial charge >= 0.3 is 0 Å². The molecule has 1 amide bonds. The third kappa shape index (κ3) is 4.48. The van der Waals surface area contributed by atoms with Crippen molar-refractivity contribution in [3.8, 4) is 11.5 Å². The van der Waals surface area contributed by atoms with E-state index in [0.717, 1.165) is 30.1 Å². The third-order valence-electron chi connectivity index (χ3n) is 4.76. The Morgan fingerprint density at radius 1 is 1.07 bits per heavy atom. The van der Waals surface area contributed by atoms with E-state index in [2.05, 4.69) is 4.90 Å². The fourth-order valence-corrected chi connectivity index (χ4v) is 3.42. The Balaban J connectivity index is 1.60. The number of aryl methyl sites for hydroxylation is 1. The number of para-hydroxylation sites is 2. The Bertz CT molecular complexity index is 804. The van der Waals surface area contributed by atoms with E-state index < -0.39 is 6.10 Å².